The first kappa shape index (κ1) is 17.4. The first-order valence-electron chi connectivity index (χ1n) is 8.04. The van der Waals surface area contributed by atoms with E-state index in [1.165, 1.54) is 12.3 Å². The third-order valence-electron chi connectivity index (χ3n) is 4.11. The summed E-state index contributed by atoms with van der Waals surface area (Å²) < 4.78 is 0. The molecule has 1 aromatic heterocycles. The monoisotopic (exact) mass is 358 g/mol. The van der Waals surface area contributed by atoms with E-state index in [0.29, 0.717) is 29.4 Å². The van der Waals surface area contributed by atoms with Gasteiger partial charge in [0.1, 0.15) is 5.69 Å². The molecule has 2 heterocycles. The van der Waals surface area contributed by atoms with Crippen molar-refractivity contribution in [3.63, 3.8) is 0 Å². The number of anilines is 1. The van der Waals surface area contributed by atoms with Crippen molar-refractivity contribution < 1.29 is 9.59 Å². The zero-order valence-corrected chi connectivity index (χ0v) is 14.7. The van der Waals surface area contributed by atoms with Crippen LogP contribution in [0.2, 0.25) is 5.02 Å². The maximum Gasteiger partial charge on any atom is 0.274 e. The summed E-state index contributed by atoms with van der Waals surface area (Å²) in [7, 11) is 2.03. The minimum absolute atomic E-state index is 0.0766. The Morgan fingerprint density at radius 1 is 1.12 bits per heavy atom. The number of hydrogen-bond acceptors (Lipinski definition) is 4. The van der Waals surface area contributed by atoms with Gasteiger partial charge in [0.2, 0.25) is 0 Å². The van der Waals surface area contributed by atoms with Crippen molar-refractivity contribution >= 4 is 29.1 Å². The predicted octanol–water partition coefficient (Wildman–Crippen LogP) is 2.37. The highest BCUT2D eigenvalue weighted by molar-refractivity contribution is 6.30. The van der Waals surface area contributed by atoms with Crippen LogP contribution in [0.5, 0.6) is 0 Å². The largest absolute Gasteiger partial charge is 0.336 e. The quantitative estimate of drug-likeness (QED) is 0.914. The molecule has 6 nitrogen and oxygen atoms in total. The molecule has 2 amide bonds. The lowest BCUT2D eigenvalue weighted by Crippen LogP contribution is -2.47. The fourth-order valence-electron chi connectivity index (χ4n) is 2.64. The second-order valence-corrected chi connectivity index (χ2v) is 6.43. The summed E-state index contributed by atoms with van der Waals surface area (Å²) >= 11 is 5.92. The van der Waals surface area contributed by atoms with Crippen LogP contribution in [-0.2, 0) is 0 Å². The number of amides is 2. The Hall–Kier alpha value is -2.44. The fraction of sp³-hybridized carbons (Fsp3) is 0.278. The van der Waals surface area contributed by atoms with Crippen molar-refractivity contribution in [2.24, 2.45) is 0 Å². The van der Waals surface area contributed by atoms with Gasteiger partial charge >= 0.3 is 0 Å². The van der Waals surface area contributed by atoms with Gasteiger partial charge < -0.3 is 15.1 Å². The lowest BCUT2D eigenvalue weighted by atomic mass is 10.1. The second kappa shape index (κ2) is 7.63. The van der Waals surface area contributed by atoms with Crippen molar-refractivity contribution in [2.45, 2.75) is 0 Å². The summed E-state index contributed by atoms with van der Waals surface area (Å²) in [6, 6.07) is 10.0. The molecule has 1 aliphatic heterocycles. The molecule has 2 aromatic rings. The number of rotatable bonds is 3. The molecule has 1 saturated heterocycles. The predicted molar refractivity (Wildman–Crippen MR) is 97.0 cm³/mol. The molecule has 3 rings (SSSR count). The number of nitrogens with zero attached hydrogens (tertiary/aromatic N) is 3. The molecule has 0 radical (unpaired) electrons. The van der Waals surface area contributed by atoms with Crippen LogP contribution in [0.25, 0.3) is 0 Å². The number of piperazine rings is 1. The van der Waals surface area contributed by atoms with Gasteiger partial charge in [0.25, 0.3) is 11.8 Å². The van der Waals surface area contributed by atoms with Gasteiger partial charge in [0.15, 0.2) is 0 Å². The Labute approximate surface area is 151 Å². The lowest BCUT2D eigenvalue weighted by molar-refractivity contribution is 0.0664. The maximum absolute atomic E-state index is 12.6. The molecule has 7 heteroatoms. The van der Waals surface area contributed by atoms with Gasteiger partial charge in [-0.1, -0.05) is 17.7 Å². The van der Waals surface area contributed by atoms with Crippen molar-refractivity contribution in [1.29, 1.82) is 0 Å². The number of halogens is 1. The molecule has 0 unspecified atom stereocenters. The van der Waals surface area contributed by atoms with E-state index in [1.54, 1.807) is 35.2 Å². The number of pyridine rings is 1. The van der Waals surface area contributed by atoms with E-state index in [-0.39, 0.29) is 17.5 Å². The van der Waals surface area contributed by atoms with E-state index in [1.807, 2.05) is 7.05 Å². The average molecular weight is 359 g/mol. The summed E-state index contributed by atoms with van der Waals surface area (Å²) in [6.45, 7) is 3.06. The standard InChI is InChI=1S/C18H19ClN4O2/c1-22-7-9-23(10-8-22)18(25)13-5-6-20-16(11-13)17(24)21-15-4-2-3-14(19)12-15/h2-6,11-12H,7-10H2,1H3,(H,21,24). The molecule has 130 valence electrons. The Morgan fingerprint density at radius 3 is 2.60 bits per heavy atom. The maximum atomic E-state index is 12.6. The Kier molecular flexibility index (Phi) is 5.31. The summed E-state index contributed by atoms with van der Waals surface area (Å²) in [5, 5.41) is 3.27. The topological polar surface area (TPSA) is 65.5 Å². The van der Waals surface area contributed by atoms with Crippen LogP contribution in [0.1, 0.15) is 20.8 Å². The molecule has 1 aliphatic rings. The molecule has 0 atom stereocenters. The van der Waals surface area contributed by atoms with Gasteiger partial charge in [0.05, 0.1) is 0 Å². The van der Waals surface area contributed by atoms with E-state index in [4.69, 9.17) is 11.6 Å². The van der Waals surface area contributed by atoms with Crippen LogP contribution in [-0.4, -0.2) is 59.8 Å². The van der Waals surface area contributed by atoms with Gasteiger partial charge in [-0.15, -0.1) is 0 Å². The number of likely N-dealkylation sites (N-methyl/N-ethyl adjacent to an activating group) is 1. The molecule has 1 aromatic carbocycles. The van der Waals surface area contributed by atoms with Crippen LogP contribution in [0.15, 0.2) is 42.6 Å². The fourth-order valence-corrected chi connectivity index (χ4v) is 2.83. The number of aromatic nitrogens is 1. The molecule has 0 spiro atoms. The summed E-state index contributed by atoms with van der Waals surface area (Å²) in [4.78, 5) is 33.0. The Bertz CT molecular complexity index is 788. The molecular formula is C18H19ClN4O2. The summed E-state index contributed by atoms with van der Waals surface area (Å²) in [6.07, 6.45) is 1.48. The minimum Gasteiger partial charge on any atom is -0.336 e. The molecule has 0 saturated carbocycles. The van der Waals surface area contributed by atoms with Crippen molar-refractivity contribution in [3.05, 3.63) is 58.9 Å². The number of carbonyl (C=O) groups excluding carboxylic acids is 2. The van der Waals surface area contributed by atoms with Gasteiger partial charge in [-0.3, -0.25) is 14.6 Å². The SMILES string of the molecule is CN1CCN(C(=O)c2ccnc(C(=O)Nc3cccc(Cl)c3)c2)CC1. The van der Waals surface area contributed by atoms with E-state index in [0.717, 1.165) is 13.1 Å². The smallest absolute Gasteiger partial charge is 0.274 e. The highest BCUT2D eigenvalue weighted by Crippen LogP contribution is 2.16. The zero-order chi connectivity index (χ0) is 17.8. The number of benzene rings is 1. The van der Waals surface area contributed by atoms with Crippen LogP contribution in [0.4, 0.5) is 5.69 Å². The molecule has 0 bridgehead atoms. The molecule has 1 N–H and O–H groups in total. The van der Waals surface area contributed by atoms with Crippen LogP contribution in [0, 0.1) is 0 Å². The van der Waals surface area contributed by atoms with Crippen molar-refractivity contribution in [3.8, 4) is 0 Å². The van der Waals surface area contributed by atoms with Gasteiger partial charge in [-0.2, -0.15) is 0 Å². The Morgan fingerprint density at radius 2 is 1.88 bits per heavy atom. The zero-order valence-electron chi connectivity index (χ0n) is 13.9. The van der Waals surface area contributed by atoms with E-state index in [2.05, 4.69) is 15.2 Å². The minimum atomic E-state index is -0.379. The molecular weight excluding hydrogens is 340 g/mol. The lowest BCUT2D eigenvalue weighted by Gasteiger charge is -2.32. The highest BCUT2D eigenvalue weighted by Gasteiger charge is 2.21. The van der Waals surface area contributed by atoms with Crippen molar-refractivity contribution in [1.82, 2.24) is 14.8 Å². The number of hydrogen-bond donors (Lipinski definition) is 1. The first-order valence-corrected chi connectivity index (χ1v) is 8.41. The first-order chi connectivity index (χ1) is 12.0. The summed E-state index contributed by atoms with van der Waals surface area (Å²) in [5.74, 6) is -0.456. The summed E-state index contributed by atoms with van der Waals surface area (Å²) in [5.41, 5.74) is 1.24. The molecule has 0 aliphatic carbocycles. The molecule has 25 heavy (non-hydrogen) atoms. The van der Waals surface area contributed by atoms with Crippen LogP contribution in [0.3, 0.4) is 0 Å². The second-order valence-electron chi connectivity index (χ2n) is 5.99. The van der Waals surface area contributed by atoms with Crippen molar-refractivity contribution in [2.75, 3.05) is 38.5 Å². The van der Waals surface area contributed by atoms with E-state index in [9.17, 15) is 9.59 Å². The third-order valence-corrected chi connectivity index (χ3v) is 4.35. The molecule has 1 fully saturated rings. The van der Waals surface area contributed by atoms with Crippen LogP contribution < -0.4 is 5.32 Å². The average Bonchev–Trinajstić information content (AvgIpc) is 2.62. The van der Waals surface area contributed by atoms with Gasteiger partial charge in [-0.25, -0.2) is 0 Å². The number of nitrogens with one attached hydrogen (secondary N) is 1. The number of carbonyl (C=O) groups is 2. The normalized spacial score (nSPS) is 15.0. The Balaban J connectivity index is 1.72. The van der Waals surface area contributed by atoms with Gasteiger partial charge in [0, 0.05) is 48.6 Å². The van der Waals surface area contributed by atoms with E-state index >= 15 is 0 Å². The van der Waals surface area contributed by atoms with Gasteiger partial charge in [-0.05, 0) is 37.4 Å². The van der Waals surface area contributed by atoms with Crippen LogP contribution >= 0.6 is 11.6 Å². The van der Waals surface area contributed by atoms with E-state index < -0.39 is 0 Å². The highest BCUT2D eigenvalue weighted by atomic mass is 35.5. The third kappa shape index (κ3) is 4.35.